The van der Waals surface area contributed by atoms with Crippen molar-refractivity contribution in [2.75, 3.05) is 6.61 Å². The summed E-state index contributed by atoms with van der Waals surface area (Å²) in [5, 5.41) is 0.708. The second-order valence-corrected chi connectivity index (χ2v) is 3.64. The normalized spacial score (nSPS) is 9.69. The third-order valence-electron chi connectivity index (χ3n) is 1.51. The van der Waals surface area contributed by atoms with Crippen molar-refractivity contribution in [1.29, 1.82) is 0 Å². The van der Waals surface area contributed by atoms with Gasteiger partial charge in [-0.05, 0) is 12.1 Å². The Morgan fingerprint density at radius 2 is 1.94 bits per heavy atom. The first-order valence-electron chi connectivity index (χ1n) is 4.28. The molecule has 6 heteroatoms. The molecule has 0 amide bonds. The number of benzene rings is 1. The van der Waals surface area contributed by atoms with Gasteiger partial charge in [0.15, 0.2) is 6.61 Å². The van der Waals surface area contributed by atoms with Crippen molar-refractivity contribution in [3.63, 3.8) is 0 Å². The third-order valence-corrected chi connectivity index (χ3v) is 2.24. The fourth-order valence-electron chi connectivity index (χ4n) is 0.899. The molecule has 4 nitrogen and oxygen atoms in total. The van der Waals surface area contributed by atoms with E-state index < -0.39 is 11.9 Å². The van der Waals surface area contributed by atoms with Crippen LogP contribution in [0.2, 0.25) is 10.0 Å². The molecule has 0 spiro atoms. The first-order chi connectivity index (χ1) is 7.49. The zero-order chi connectivity index (χ0) is 12.1. The van der Waals surface area contributed by atoms with Crippen LogP contribution in [0.5, 0.6) is 5.75 Å². The Morgan fingerprint density at radius 3 is 2.50 bits per heavy atom. The van der Waals surface area contributed by atoms with Gasteiger partial charge in [0.1, 0.15) is 5.75 Å². The van der Waals surface area contributed by atoms with Crippen molar-refractivity contribution in [2.24, 2.45) is 0 Å². The van der Waals surface area contributed by atoms with E-state index in [2.05, 4.69) is 4.74 Å². The van der Waals surface area contributed by atoms with E-state index in [1.54, 1.807) is 6.07 Å². The summed E-state index contributed by atoms with van der Waals surface area (Å²) in [6.45, 7) is 0.772. The number of esters is 2. The molecular weight excluding hydrogens is 255 g/mol. The van der Waals surface area contributed by atoms with Gasteiger partial charge in [-0.25, -0.2) is 4.79 Å². The van der Waals surface area contributed by atoms with Gasteiger partial charge in [-0.1, -0.05) is 23.2 Å². The molecule has 0 atom stereocenters. The van der Waals surface area contributed by atoms with Crippen LogP contribution in [0, 0.1) is 0 Å². The van der Waals surface area contributed by atoms with E-state index in [1.165, 1.54) is 12.1 Å². The Kier molecular flexibility index (Phi) is 4.58. The molecule has 0 saturated carbocycles. The van der Waals surface area contributed by atoms with Gasteiger partial charge >= 0.3 is 11.9 Å². The van der Waals surface area contributed by atoms with Crippen LogP contribution in [0.1, 0.15) is 6.92 Å². The summed E-state index contributed by atoms with van der Waals surface area (Å²) in [7, 11) is 0. The molecule has 0 aromatic heterocycles. The van der Waals surface area contributed by atoms with Crippen LogP contribution < -0.4 is 4.74 Å². The van der Waals surface area contributed by atoms with Crippen molar-refractivity contribution < 1.29 is 19.1 Å². The van der Waals surface area contributed by atoms with E-state index in [9.17, 15) is 9.59 Å². The van der Waals surface area contributed by atoms with E-state index in [4.69, 9.17) is 27.9 Å². The molecular formula is C10H8Cl2O4. The van der Waals surface area contributed by atoms with Crippen LogP contribution in [0.3, 0.4) is 0 Å². The zero-order valence-electron chi connectivity index (χ0n) is 8.33. The lowest BCUT2D eigenvalue weighted by Crippen LogP contribution is -2.17. The largest absolute Gasteiger partial charge is 0.482 e. The summed E-state index contributed by atoms with van der Waals surface area (Å²) in [6, 6.07) is 4.55. The van der Waals surface area contributed by atoms with E-state index in [-0.39, 0.29) is 6.61 Å². The average molecular weight is 263 g/mol. The molecule has 0 N–H and O–H groups in total. The lowest BCUT2D eigenvalue weighted by atomic mass is 10.3. The predicted octanol–water partition coefficient (Wildman–Crippen LogP) is 2.46. The lowest BCUT2D eigenvalue weighted by Gasteiger charge is -2.05. The fraction of sp³-hybridized carbons (Fsp3) is 0.200. The van der Waals surface area contributed by atoms with Gasteiger partial charge < -0.3 is 9.47 Å². The van der Waals surface area contributed by atoms with Crippen molar-refractivity contribution >= 4 is 35.1 Å². The van der Waals surface area contributed by atoms with Crippen LogP contribution >= 0.6 is 23.2 Å². The van der Waals surface area contributed by atoms with E-state index in [1.807, 2.05) is 0 Å². The van der Waals surface area contributed by atoms with Gasteiger partial charge in [0.2, 0.25) is 0 Å². The number of carbonyl (C=O) groups excluding carboxylic acids is 2. The van der Waals surface area contributed by atoms with Crippen LogP contribution in [0.25, 0.3) is 0 Å². The molecule has 0 bridgehead atoms. The second-order valence-electron chi connectivity index (χ2n) is 2.83. The number of hydrogen-bond acceptors (Lipinski definition) is 4. The second kappa shape index (κ2) is 5.72. The summed E-state index contributed by atoms with van der Waals surface area (Å²) in [5.41, 5.74) is 0. The standard InChI is InChI=1S/C10H8Cl2O4/c1-6(13)16-10(14)5-15-7-2-3-8(11)9(12)4-7/h2-4H,5H2,1H3. The monoisotopic (exact) mass is 262 g/mol. The molecule has 1 aromatic rings. The molecule has 86 valence electrons. The maximum Gasteiger partial charge on any atom is 0.351 e. The Balaban J connectivity index is 2.51. The fourth-order valence-corrected chi connectivity index (χ4v) is 1.19. The van der Waals surface area contributed by atoms with Crippen molar-refractivity contribution in [2.45, 2.75) is 6.92 Å². The maximum atomic E-state index is 11.0. The van der Waals surface area contributed by atoms with Gasteiger partial charge in [-0.15, -0.1) is 0 Å². The van der Waals surface area contributed by atoms with E-state index in [0.717, 1.165) is 6.92 Å². The summed E-state index contributed by atoms with van der Waals surface area (Å²) in [5.74, 6) is -1.07. The van der Waals surface area contributed by atoms with Crippen LogP contribution in [0.15, 0.2) is 18.2 Å². The smallest absolute Gasteiger partial charge is 0.351 e. The van der Waals surface area contributed by atoms with Crippen molar-refractivity contribution in [3.8, 4) is 5.75 Å². The number of carbonyl (C=O) groups is 2. The topological polar surface area (TPSA) is 52.6 Å². The number of rotatable bonds is 3. The molecule has 0 unspecified atom stereocenters. The van der Waals surface area contributed by atoms with Crippen LogP contribution in [0.4, 0.5) is 0 Å². The Bertz CT molecular complexity index is 417. The lowest BCUT2D eigenvalue weighted by molar-refractivity contribution is -0.159. The summed E-state index contributed by atoms with van der Waals surface area (Å²) in [4.78, 5) is 21.4. The average Bonchev–Trinajstić information content (AvgIpc) is 2.19. The Hall–Kier alpha value is -1.26. The number of ether oxygens (including phenoxy) is 2. The predicted molar refractivity (Wildman–Crippen MR) is 58.7 cm³/mol. The molecule has 0 aliphatic rings. The minimum atomic E-state index is -0.765. The van der Waals surface area contributed by atoms with Crippen LogP contribution in [-0.4, -0.2) is 18.5 Å². The molecule has 1 rings (SSSR count). The van der Waals surface area contributed by atoms with Crippen molar-refractivity contribution in [1.82, 2.24) is 0 Å². The quantitative estimate of drug-likeness (QED) is 0.620. The van der Waals surface area contributed by atoms with Gasteiger partial charge in [0.05, 0.1) is 10.0 Å². The molecule has 1 aromatic carbocycles. The highest BCUT2D eigenvalue weighted by Gasteiger charge is 2.07. The minimum Gasteiger partial charge on any atom is -0.482 e. The van der Waals surface area contributed by atoms with Gasteiger partial charge in [-0.3, -0.25) is 4.79 Å². The zero-order valence-corrected chi connectivity index (χ0v) is 9.84. The highest BCUT2D eigenvalue weighted by Crippen LogP contribution is 2.26. The summed E-state index contributed by atoms with van der Waals surface area (Å²) in [6.07, 6.45) is 0. The third kappa shape index (κ3) is 4.08. The Morgan fingerprint density at radius 1 is 1.25 bits per heavy atom. The van der Waals surface area contributed by atoms with Gasteiger partial charge in [0, 0.05) is 13.0 Å². The number of halogens is 2. The van der Waals surface area contributed by atoms with E-state index >= 15 is 0 Å². The van der Waals surface area contributed by atoms with Crippen LogP contribution in [-0.2, 0) is 14.3 Å². The summed E-state index contributed by atoms with van der Waals surface area (Å²) >= 11 is 11.4. The molecule has 0 aliphatic carbocycles. The molecule has 0 radical (unpaired) electrons. The van der Waals surface area contributed by atoms with Gasteiger partial charge in [0.25, 0.3) is 0 Å². The number of hydrogen-bond donors (Lipinski definition) is 0. The first kappa shape index (κ1) is 12.8. The molecule has 0 fully saturated rings. The molecule has 0 heterocycles. The molecule has 0 aliphatic heterocycles. The first-order valence-corrected chi connectivity index (χ1v) is 5.03. The van der Waals surface area contributed by atoms with Crippen molar-refractivity contribution in [3.05, 3.63) is 28.2 Å². The Labute approximate surface area is 102 Å². The SMILES string of the molecule is CC(=O)OC(=O)COc1ccc(Cl)c(Cl)c1. The summed E-state index contributed by atoms with van der Waals surface area (Å²) < 4.78 is 9.30. The highest BCUT2D eigenvalue weighted by atomic mass is 35.5. The van der Waals surface area contributed by atoms with E-state index in [0.29, 0.717) is 15.8 Å². The minimum absolute atomic E-state index is 0.319. The highest BCUT2D eigenvalue weighted by molar-refractivity contribution is 6.42. The molecule has 0 saturated heterocycles. The molecule has 16 heavy (non-hydrogen) atoms. The van der Waals surface area contributed by atoms with Gasteiger partial charge in [-0.2, -0.15) is 0 Å². The maximum absolute atomic E-state index is 11.0.